The Bertz CT molecular complexity index is 811. The fourth-order valence-corrected chi connectivity index (χ4v) is 7.27. The number of thiophene rings is 1. The van der Waals surface area contributed by atoms with E-state index in [-0.39, 0.29) is 34.3 Å². The van der Waals surface area contributed by atoms with Crippen molar-refractivity contribution in [1.29, 1.82) is 0 Å². The van der Waals surface area contributed by atoms with Gasteiger partial charge in [0.25, 0.3) is 10.0 Å². The van der Waals surface area contributed by atoms with Crippen molar-refractivity contribution < 1.29 is 17.9 Å². The van der Waals surface area contributed by atoms with Crippen LogP contribution in [0.3, 0.4) is 0 Å². The minimum atomic E-state index is -3.56. The molecular formula is C19H30ClN3O4S2. The minimum Gasteiger partial charge on any atom is -0.373 e. The summed E-state index contributed by atoms with van der Waals surface area (Å²) < 4.78 is 33.5. The van der Waals surface area contributed by atoms with Crippen molar-refractivity contribution in [2.24, 2.45) is 5.92 Å². The number of carbonyl (C=O) groups is 1. The maximum absolute atomic E-state index is 13.3. The number of hydrogen-bond donors (Lipinski definition) is 0. The standard InChI is InChI=1S/C19H30ClN3O4S2/c1-13(2)18(22-11-14(3)27-15(4)12-22)19(24)21-7-9-23(10-8-21)29(25,26)17-6-5-16(20)28-17/h5-6,13-15,18H,7-12H2,1-4H3. The number of sulfonamides is 1. The summed E-state index contributed by atoms with van der Waals surface area (Å²) in [6.45, 7) is 11.0. The van der Waals surface area contributed by atoms with Crippen molar-refractivity contribution >= 4 is 38.9 Å². The summed E-state index contributed by atoms with van der Waals surface area (Å²) in [6.07, 6.45) is 0.180. The normalized spacial score (nSPS) is 26.1. The highest BCUT2D eigenvalue weighted by Gasteiger charge is 2.38. The van der Waals surface area contributed by atoms with Gasteiger partial charge in [0.15, 0.2) is 0 Å². The third kappa shape index (κ3) is 5.14. The average molecular weight is 464 g/mol. The molecule has 3 unspecified atom stereocenters. The molecule has 0 saturated carbocycles. The topological polar surface area (TPSA) is 70.2 Å². The molecule has 2 fully saturated rings. The maximum Gasteiger partial charge on any atom is 0.252 e. The van der Waals surface area contributed by atoms with E-state index in [9.17, 15) is 13.2 Å². The predicted molar refractivity (Wildman–Crippen MR) is 115 cm³/mol. The molecular weight excluding hydrogens is 434 g/mol. The summed E-state index contributed by atoms with van der Waals surface area (Å²) in [6, 6.07) is 2.91. The number of halogens is 1. The highest BCUT2D eigenvalue weighted by atomic mass is 35.5. The molecule has 3 heterocycles. The molecule has 164 valence electrons. The van der Waals surface area contributed by atoms with Gasteiger partial charge in [-0.15, -0.1) is 11.3 Å². The van der Waals surface area contributed by atoms with Crippen LogP contribution in [0.2, 0.25) is 4.34 Å². The van der Waals surface area contributed by atoms with Crippen LogP contribution in [-0.4, -0.2) is 85.9 Å². The van der Waals surface area contributed by atoms with Gasteiger partial charge in [0.2, 0.25) is 5.91 Å². The number of ether oxygens (including phenoxy) is 1. The van der Waals surface area contributed by atoms with Crippen molar-refractivity contribution in [3.05, 3.63) is 16.5 Å². The summed E-state index contributed by atoms with van der Waals surface area (Å²) in [5.41, 5.74) is 0. The van der Waals surface area contributed by atoms with Gasteiger partial charge in [0.1, 0.15) is 4.21 Å². The fraction of sp³-hybridized carbons (Fsp3) is 0.737. The van der Waals surface area contributed by atoms with Crippen LogP contribution in [-0.2, 0) is 19.6 Å². The molecule has 1 amide bonds. The molecule has 0 bridgehead atoms. The first kappa shape index (κ1) is 23.0. The molecule has 7 nitrogen and oxygen atoms in total. The summed E-state index contributed by atoms with van der Waals surface area (Å²) in [5.74, 6) is 0.243. The molecule has 2 saturated heterocycles. The molecule has 0 aromatic carbocycles. The molecule has 3 atom stereocenters. The second-order valence-electron chi connectivity index (χ2n) is 8.19. The summed E-state index contributed by atoms with van der Waals surface area (Å²) in [5, 5.41) is 0. The zero-order valence-electron chi connectivity index (χ0n) is 17.4. The van der Waals surface area contributed by atoms with E-state index >= 15 is 0 Å². The van der Waals surface area contributed by atoms with Gasteiger partial charge < -0.3 is 9.64 Å². The van der Waals surface area contributed by atoms with Gasteiger partial charge in [0.05, 0.1) is 22.6 Å². The quantitative estimate of drug-likeness (QED) is 0.670. The van der Waals surface area contributed by atoms with E-state index in [4.69, 9.17) is 16.3 Å². The highest BCUT2D eigenvalue weighted by Crippen LogP contribution is 2.29. The first-order valence-electron chi connectivity index (χ1n) is 10.0. The zero-order valence-corrected chi connectivity index (χ0v) is 19.8. The van der Waals surface area contributed by atoms with E-state index in [2.05, 4.69) is 18.7 Å². The smallest absolute Gasteiger partial charge is 0.252 e. The monoisotopic (exact) mass is 463 g/mol. The second-order valence-corrected chi connectivity index (χ2v) is 12.1. The Labute approximate surface area is 182 Å². The first-order valence-corrected chi connectivity index (χ1v) is 12.7. The largest absolute Gasteiger partial charge is 0.373 e. The Kier molecular flexibility index (Phi) is 7.28. The fourth-order valence-electron chi connectivity index (χ4n) is 4.21. The van der Waals surface area contributed by atoms with Crippen molar-refractivity contribution in [3.8, 4) is 0 Å². The summed E-state index contributed by atoms with van der Waals surface area (Å²) >= 11 is 6.96. The van der Waals surface area contributed by atoms with Crippen LogP contribution < -0.4 is 0 Å². The van der Waals surface area contributed by atoms with Gasteiger partial charge in [-0.1, -0.05) is 25.4 Å². The van der Waals surface area contributed by atoms with Crippen molar-refractivity contribution in [2.45, 2.75) is 50.2 Å². The van der Waals surface area contributed by atoms with E-state index in [0.29, 0.717) is 30.5 Å². The van der Waals surface area contributed by atoms with Gasteiger partial charge in [-0.05, 0) is 31.9 Å². The molecule has 10 heteroatoms. The molecule has 3 rings (SSSR count). The lowest BCUT2D eigenvalue weighted by Crippen LogP contribution is -2.60. The Morgan fingerprint density at radius 3 is 2.21 bits per heavy atom. The van der Waals surface area contributed by atoms with Gasteiger partial charge in [0, 0.05) is 39.3 Å². The molecule has 1 aromatic heterocycles. The Balaban J connectivity index is 1.66. The molecule has 0 N–H and O–H groups in total. The van der Waals surface area contributed by atoms with E-state index in [0.717, 1.165) is 24.4 Å². The van der Waals surface area contributed by atoms with Crippen LogP contribution in [0.4, 0.5) is 0 Å². The van der Waals surface area contributed by atoms with Crippen LogP contribution in [0, 0.1) is 5.92 Å². The van der Waals surface area contributed by atoms with Crippen molar-refractivity contribution in [3.63, 3.8) is 0 Å². The molecule has 0 aliphatic carbocycles. The highest BCUT2D eigenvalue weighted by molar-refractivity contribution is 7.91. The predicted octanol–water partition coefficient (Wildman–Crippen LogP) is 2.37. The number of carbonyl (C=O) groups excluding carboxylic acids is 1. The number of amides is 1. The SMILES string of the molecule is CC1CN(C(C(=O)N2CCN(S(=O)(=O)c3ccc(Cl)s3)CC2)C(C)C)CC(C)O1. The van der Waals surface area contributed by atoms with E-state index < -0.39 is 10.0 Å². The maximum atomic E-state index is 13.3. The van der Waals surface area contributed by atoms with Gasteiger partial charge in [-0.25, -0.2) is 8.42 Å². The third-order valence-electron chi connectivity index (χ3n) is 5.42. The van der Waals surface area contributed by atoms with Gasteiger partial charge in [-0.2, -0.15) is 4.31 Å². The van der Waals surface area contributed by atoms with Crippen LogP contribution >= 0.6 is 22.9 Å². The molecule has 1 aromatic rings. The third-order valence-corrected chi connectivity index (χ3v) is 9.02. The lowest BCUT2D eigenvalue weighted by Gasteiger charge is -2.43. The van der Waals surface area contributed by atoms with Gasteiger partial charge in [-0.3, -0.25) is 9.69 Å². The van der Waals surface area contributed by atoms with Crippen LogP contribution in [0.15, 0.2) is 16.3 Å². The Morgan fingerprint density at radius 1 is 1.14 bits per heavy atom. The van der Waals surface area contributed by atoms with Gasteiger partial charge >= 0.3 is 0 Å². The summed E-state index contributed by atoms with van der Waals surface area (Å²) in [4.78, 5) is 17.4. The van der Waals surface area contributed by atoms with Crippen LogP contribution in [0.25, 0.3) is 0 Å². The van der Waals surface area contributed by atoms with Crippen LogP contribution in [0.1, 0.15) is 27.7 Å². The first-order chi connectivity index (χ1) is 13.6. The van der Waals surface area contributed by atoms with E-state index in [1.165, 1.54) is 10.4 Å². The zero-order chi connectivity index (χ0) is 21.3. The van der Waals surface area contributed by atoms with E-state index in [1.807, 2.05) is 18.7 Å². The van der Waals surface area contributed by atoms with Crippen molar-refractivity contribution in [2.75, 3.05) is 39.3 Å². The number of rotatable bonds is 5. The molecule has 2 aliphatic rings. The lowest BCUT2D eigenvalue weighted by atomic mass is 9.98. The second kappa shape index (κ2) is 9.20. The van der Waals surface area contributed by atoms with Crippen LogP contribution in [0.5, 0.6) is 0 Å². The Morgan fingerprint density at radius 2 is 1.72 bits per heavy atom. The summed E-state index contributed by atoms with van der Waals surface area (Å²) in [7, 11) is -3.56. The number of nitrogens with zero attached hydrogens (tertiary/aromatic N) is 3. The lowest BCUT2D eigenvalue weighted by molar-refractivity contribution is -0.146. The molecule has 0 radical (unpaired) electrons. The van der Waals surface area contributed by atoms with Crippen molar-refractivity contribution in [1.82, 2.24) is 14.1 Å². The average Bonchev–Trinajstić information content (AvgIpc) is 3.08. The Hall–Kier alpha value is -0.710. The molecule has 29 heavy (non-hydrogen) atoms. The number of piperazine rings is 1. The van der Waals surface area contributed by atoms with E-state index in [1.54, 1.807) is 6.07 Å². The number of hydrogen-bond acceptors (Lipinski definition) is 6. The minimum absolute atomic E-state index is 0.0810. The molecule has 0 spiro atoms. The molecule has 2 aliphatic heterocycles. The number of morpholine rings is 1.